The second-order valence-corrected chi connectivity index (χ2v) is 28.1. The molecule has 0 radical (unpaired) electrons. The van der Waals surface area contributed by atoms with Gasteiger partial charge in [0.15, 0.2) is 0 Å². The minimum atomic E-state index is -4.64. The third kappa shape index (κ3) is 11.5. The topological polar surface area (TPSA) is 217 Å². The Morgan fingerprint density at radius 2 is 1.63 bits per heavy atom. The van der Waals surface area contributed by atoms with Crippen molar-refractivity contribution in [2.75, 3.05) is 80.8 Å². The highest BCUT2D eigenvalue weighted by Gasteiger charge is 2.51. The summed E-state index contributed by atoms with van der Waals surface area (Å²) in [5.74, 6) is 0.682. The van der Waals surface area contributed by atoms with Gasteiger partial charge < -0.3 is 44.2 Å². The zero-order valence-corrected chi connectivity index (χ0v) is 49.8. The highest BCUT2D eigenvalue weighted by Crippen LogP contribution is 2.55. The van der Waals surface area contributed by atoms with E-state index in [1.807, 2.05) is 37.4 Å². The van der Waals surface area contributed by atoms with Gasteiger partial charge >= 0.3 is 0 Å². The average Bonchev–Trinajstić information content (AvgIpc) is 1.98. The van der Waals surface area contributed by atoms with E-state index in [4.69, 9.17) is 23.9 Å². The van der Waals surface area contributed by atoms with Crippen LogP contribution in [0.5, 0.6) is 11.6 Å². The first-order valence-corrected chi connectivity index (χ1v) is 32.5. The number of benzene rings is 3. The van der Waals surface area contributed by atoms with Crippen LogP contribution in [0.2, 0.25) is 0 Å². The molecular weight excluding hydrogens is 1090 g/mol. The molecule has 3 aromatic carbocycles. The Labute approximate surface area is 493 Å². The molecule has 20 heteroatoms. The van der Waals surface area contributed by atoms with E-state index in [-0.39, 0.29) is 40.8 Å². The van der Waals surface area contributed by atoms with E-state index in [9.17, 15) is 28.4 Å². The van der Waals surface area contributed by atoms with Gasteiger partial charge in [-0.05, 0) is 182 Å². The molecule has 3 atom stereocenters. The third-order valence-corrected chi connectivity index (χ3v) is 22.1. The first-order valence-electron chi connectivity index (χ1n) is 31.1. The number of carbonyl (C=O) groups excluding carboxylic acids is 1. The number of ether oxygens (including phenoxy) is 4. The number of aliphatic hydroxyl groups is 1. The maximum atomic E-state index is 14.9. The molecule has 7 heterocycles. The standard InChI is InChI=1S/C64H83N9O10S/c1-42(2)82-57-7-5-4-6-49(57)56-40-70(45-14-20-63(21-15-45)24-32-80-33-25-63)29-30-71(56)47-37-64(38-47)22-27-69(28-23-64)46-8-10-50(53(35-46)72-52-17-31-81-41-58(52)83-61-55(72)34-44-16-26-65-59(44)67-61)60(74)68-84(78,79)48-9-11-51(54(36-48)73(76)77)66-39-43-12-18-62(3,75)19-13-43/h4-11,16,26,34-36,42-43,45,47,52,56,58,66,75H,12-15,17-25,27-33,37-41H2,1-3H3,(H,65,67)(H,68,74)/t43?,52-,56+,58-,62?/m0/s1. The third-order valence-electron chi connectivity index (χ3n) is 20.7. The number of aromatic amines is 1. The fraction of sp³-hybridized carbons (Fsp3) is 0.594. The van der Waals surface area contributed by atoms with E-state index < -0.39 is 43.1 Å². The number of piperidine rings is 1. The highest BCUT2D eigenvalue weighted by atomic mass is 32.2. The van der Waals surface area contributed by atoms with Crippen LogP contribution >= 0.6 is 0 Å². The normalized spacial score (nSPS) is 27.4. The van der Waals surface area contributed by atoms with Crippen molar-refractivity contribution in [1.82, 2.24) is 24.5 Å². The van der Waals surface area contributed by atoms with Crippen LogP contribution in [0.3, 0.4) is 0 Å². The Balaban J connectivity index is 0.747. The number of hydrogen-bond donors (Lipinski definition) is 4. The predicted molar refractivity (Wildman–Crippen MR) is 322 cm³/mol. The fourth-order valence-electron chi connectivity index (χ4n) is 15.7. The van der Waals surface area contributed by atoms with Gasteiger partial charge in [-0.1, -0.05) is 18.2 Å². The number of sulfonamides is 1. The number of rotatable bonds is 14. The average molecular weight is 1170 g/mol. The zero-order chi connectivity index (χ0) is 58.0. The molecule has 5 aliphatic heterocycles. The van der Waals surface area contributed by atoms with Crippen molar-refractivity contribution in [3.05, 3.63) is 100 Å². The van der Waals surface area contributed by atoms with Crippen molar-refractivity contribution in [2.45, 2.75) is 164 Å². The molecule has 1 amide bonds. The Bertz CT molecular complexity index is 3330. The molecule has 0 unspecified atom stereocenters. The van der Waals surface area contributed by atoms with Crippen LogP contribution in [0.4, 0.5) is 28.4 Å². The van der Waals surface area contributed by atoms with E-state index in [0.29, 0.717) is 79.4 Å². The van der Waals surface area contributed by atoms with Crippen molar-refractivity contribution in [2.24, 2.45) is 16.7 Å². The molecule has 450 valence electrons. The van der Waals surface area contributed by atoms with Crippen molar-refractivity contribution < 1.29 is 42.2 Å². The summed E-state index contributed by atoms with van der Waals surface area (Å²) in [5, 5.41) is 26.9. The molecule has 3 aliphatic carbocycles. The number of nitro benzene ring substituents is 1. The van der Waals surface area contributed by atoms with Gasteiger partial charge in [0.25, 0.3) is 21.6 Å². The number of piperazine rings is 1. The number of nitro groups is 1. The van der Waals surface area contributed by atoms with Crippen LogP contribution in [0.15, 0.2) is 83.9 Å². The van der Waals surface area contributed by atoms with Crippen molar-refractivity contribution in [1.29, 1.82) is 0 Å². The molecule has 5 aromatic rings. The number of para-hydroxylation sites is 1. The van der Waals surface area contributed by atoms with E-state index >= 15 is 0 Å². The molecule has 0 bridgehead atoms. The molecule has 8 aliphatic rings. The summed E-state index contributed by atoms with van der Waals surface area (Å²) < 4.78 is 55.8. The van der Waals surface area contributed by atoms with E-state index in [0.717, 1.165) is 107 Å². The lowest BCUT2D eigenvalue weighted by atomic mass is 9.59. The van der Waals surface area contributed by atoms with Gasteiger partial charge in [-0.25, -0.2) is 13.1 Å². The number of nitrogens with one attached hydrogen (secondary N) is 3. The highest BCUT2D eigenvalue weighted by molar-refractivity contribution is 7.90. The monoisotopic (exact) mass is 1170 g/mol. The van der Waals surface area contributed by atoms with Crippen LogP contribution in [0, 0.1) is 26.9 Å². The van der Waals surface area contributed by atoms with E-state index in [1.54, 1.807) is 6.07 Å². The molecule has 19 nitrogen and oxygen atoms in total. The lowest BCUT2D eigenvalue weighted by Crippen LogP contribution is -2.61. The molecule has 4 saturated heterocycles. The lowest BCUT2D eigenvalue weighted by Gasteiger charge is -2.59. The molecular formula is C64H83N9O10S. The maximum Gasteiger partial charge on any atom is 0.293 e. The number of H-pyrrole nitrogens is 1. The Morgan fingerprint density at radius 1 is 0.857 bits per heavy atom. The Kier molecular flexibility index (Phi) is 15.6. The van der Waals surface area contributed by atoms with Gasteiger partial charge in [-0.3, -0.25) is 24.7 Å². The number of nitrogens with zero attached hydrogens (tertiary/aromatic N) is 6. The Hall–Kier alpha value is -6.03. The molecule has 2 aromatic heterocycles. The number of anilines is 4. The summed E-state index contributed by atoms with van der Waals surface area (Å²) in [7, 11) is -4.64. The predicted octanol–water partition coefficient (Wildman–Crippen LogP) is 10.3. The Morgan fingerprint density at radius 3 is 2.39 bits per heavy atom. The number of carbonyl (C=O) groups is 1. The zero-order valence-electron chi connectivity index (χ0n) is 48.9. The molecule has 3 saturated carbocycles. The maximum absolute atomic E-state index is 14.9. The lowest BCUT2D eigenvalue weighted by molar-refractivity contribution is -0.384. The first kappa shape index (κ1) is 57.1. The summed E-state index contributed by atoms with van der Waals surface area (Å²) in [6, 6.07) is 23.0. The van der Waals surface area contributed by atoms with E-state index in [2.05, 4.69) is 72.7 Å². The summed E-state index contributed by atoms with van der Waals surface area (Å²) in [5.41, 5.74) is 3.85. The van der Waals surface area contributed by atoms with Gasteiger partial charge in [0.2, 0.25) is 5.88 Å². The molecule has 2 spiro atoms. The van der Waals surface area contributed by atoms with Crippen LogP contribution in [-0.4, -0.2) is 146 Å². The largest absolute Gasteiger partial charge is 0.491 e. The number of aromatic nitrogens is 2. The summed E-state index contributed by atoms with van der Waals surface area (Å²) in [6.45, 7) is 13.8. The molecule has 84 heavy (non-hydrogen) atoms. The van der Waals surface area contributed by atoms with Crippen molar-refractivity contribution >= 4 is 55.4 Å². The second-order valence-electron chi connectivity index (χ2n) is 26.4. The van der Waals surface area contributed by atoms with Gasteiger partial charge in [0.05, 0.1) is 51.5 Å². The minimum Gasteiger partial charge on any atom is -0.491 e. The van der Waals surface area contributed by atoms with Crippen LogP contribution in [0.1, 0.15) is 139 Å². The smallest absolute Gasteiger partial charge is 0.293 e. The second kappa shape index (κ2) is 23.0. The number of amides is 1. The van der Waals surface area contributed by atoms with Gasteiger partial charge in [0, 0.05) is 100 Å². The summed E-state index contributed by atoms with van der Waals surface area (Å²) in [4.78, 5) is 44.5. The number of fused-ring (bicyclic) bond motifs is 3. The number of pyridine rings is 1. The molecule has 7 fully saturated rings. The van der Waals surface area contributed by atoms with Crippen molar-refractivity contribution in [3.63, 3.8) is 0 Å². The quantitative estimate of drug-likeness (QED) is 0.0601. The molecule has 13 rings (SSSR count). The summed E-state index contributed by atoms with van der Waals surface area (Å²) >= 11 is 0. The minimum absolute atomic E-state index is 0.0749. The van der Waals surface area contributed by atoms with Crippen LogP contribution in [-0.2, 0) is 19.5 Å². The SMILES string of the molecule is CC(C)Oc1ccccc1[C@H]1CN(C2CCC3(CCOCC3)CC2)CCN1C1CC2(CCN(c3ccc(C(=O)NS(=O)(=O)c4ccc(NCC5CCC(C)(O)CC5)c([N+](=O)[O-])c4)c(N4c5cc6cc[nH]c6nc5O[C@H]5COCC[C@@H]54)c3)CC2)C1. The van der Waals surface area contributed by atoms with E-state index in [1.165, 1.54) is 56.2 Å². The van der Waals surface area contributed by atoms with Crippen LogP contribution in [0.25, 0.3) is 11.0 Å². The van der Waals surface area contributed by atoms with Crippen LogP contribution < -0.4 is 29.3 Å². The fourth-order valence-corrected chi connectivity index (χ4v) is 16.7. The van der Waals surface area contributed by atoms with Gasteiger partial charge in [-0.15, -0.1) is 0 Å². The number of hydrogen-bond acceptors (Lipinski definition) is 16. The van der Waals surface area contributed by atoms with Gasteiger partial charge in [-0.2, -0.15) is 4.98 Å². The first-order chi connectivity index (χ1) is 40.5. The molecule has 4 N–H and O–H groups in total. The summed E-state index contributed by atoms with van der Waals surface area (Å²) in [6.07, 6.45) is 16.7. The van der Waals surface area contributed by atoms with Crippen molar-refractivity contribution in [3.8, 4) is 11.6 Å². The van der Waals surface area contributed by atoms with Gasteiger partial charge in [0.1, 0.15) is 28.9 Å².